The standard InChI is InChI=1S/C16H23N/c1-2-10-17-16(9-1)12-13-5-3-8-15(11-13)14-6-4-7-14/h3,5,8,11,14,16-17H,1-2,4,6-7,9-10,12H2. The van der Waals surface area contributed by atoms with Crippen LogP contribution in [-0.2, 0) is 6.42 Å². The molecule has 1 saturated heterocycles. The molecule has 0 spiro atoms. The SMILES string of the molecule is c1cc(CC2CCCCN2)cc(C2CCC2)c1. The van der Waals surface area contributed by atoms with Crippen molar-refractivity contribution in [2.24, 2.45) is 0 Å². The van der Waals surface area contributed by atoms with Crippen LogP contribution in [0.1, 0.15) is 55.6 Å². The highest BCUT2D eigenvalue weighted by Crippen LogP contribution is 2.36. The Labute approximate surface area is 105 Å². The maximum atomic E-state index is 3.64. The van der Waals surface area contributed by atoms with Gasteiger partial charge in [-0.05, 0) is 55.7 Å². The van der Waals surface area contributed by atoms with Crippen molar-refractivity contribution in [2.45, 2.75) is 56.9 Å². The lowest BCUT2D eigenvalue weighted by Gasteiger charge is -2.27. The summed E-state index contributed by atoms with van der Waals surface area (Å²) in [6.45, 7) is 1.22. The molecule has 0 aromatic heterocycles. The van der Waals surface area contributed by atoms with Crippen molar-refractivity contribution in [2.75, 3.05) is 6.54 Å². The van der Waals surface area contributed by atoms with Crippen LogP contribution in [0.3, 0.4) is 0 Å². The van der Waals surface area contributed by atoms with Crippen LogP contribution >= 0.6 is 0 Å². The van der Waals surface area contributed by atoms with Crippen molar-refractivity contribution < 1.29 is 0 Å². The zero-order valence-electron chi connectivity index (χ0n) is 10.6. The summed E-state index contributed by atoms with van der Waals surface area (Å²) in [5, 5.41) is 3.64. The molecule has 1 aromatic carbocycles. The molecule has 92 valence electrons. The number of benzene rings is 1. The third kappa shape index (κ3) is 2.71. The summed E-state index contributed by atoms with van der Waals surface area (Å²) in [7, 11) is 0. The van der Waals surface area contributed by atoms with Gasteiger partial charge in [0.1, 0.15) is 0 Å². The predicted octanol–water partition coefficient (Wildman–Crippen LogP) is 3.64. The Hall–Kier alpha value is -0.820. The minimum atomic E-state index is 0.723. The second-order valence-corrected chi connectivity index (χ2v) is 5.72. The summed E-state index contributed by atoms with van der Waals surface area (Å²) in [5.74, 6) is 0.870. The third-order valence-corrected chi connectivity index (χ3v) is 4.42. The van der Waals surface area contributed by atoms with Gasteiger partial charge < -0.3 is 5.32 Å². The molecule has 1 atom stereocenters. The van der Waals surface area contributed by atoms with Crippen molar-refractivity contribution in [3.63, 3.8) is 0 Å². The van der Waals surface area contributed by atoms with Gasteiger partial charge in [-0.1, -0.05) is 37.1 Å². The van der Waals surface area contributed by atoms with Crippen molar-refractivity contribution in [3.05, 3.63) is 35.4 Å². The van der Waals surface area contributed by atoms with Crippen LogP contribution in [0.25, 0.3) is 0 Å². The van der Waals surface area contributed by atoms with Crippen LogP contribution in [0.5, 0.6) is 0 Å². The summed E-state index contributed by atoms with van der Waals surface area (Å²) < 4.78 is 0. The fraction of sp³-hybridized carbons (Fsp3) is 0.625. The first-order valence-electron chi connectivity index (χ1n) is 7.24. The highest BCUT2D eigenvalue weighted by molar-refractivity contribution is 5.28. The Bertz CT molecular complexity index is 362. The second-order valence-electron chi connectivity index (χ2n) is 5.72. The van der Waals surface area contributed by atoms with Crippen molar-refractivity contribution >= 4 is 0 Å². The van der Waals surface area contributed by atoms with Crippen LogP contribution in [0.2, 0.25) is 0 Å². The Balaban J connectivity index is 1.65. The second kappa shape index (κ2) is 5.22. The lowest BCUT2D eigenvalue weighted by molar-refractivity contribution is 0.398. The molecule has 2 fully saturated rings. The summed E-state index contributed by atoms with van der Waals surface area (Å²) in [4.78, 5) is 0. The smallest absolute Gasteiger partial charge is 0.0107 e. The minimum absolute atomic E-state index is 0.723. The van der Waals surface area contributed by atoms with Crippen LogP contribution in [-0.4, -0.2) is 12.6 Å². The van der Waals surface area contributed by atoms with E-state index in [1.165, 1.54) is 57.1 Å². The summed E-state index contributed by atoms with van der Waals surface area (Å²) in [6, 6.07) is 10.1. The van der Waals surface area contributed by atoms with E-state index in [0.717, 1.165) is 12.0 Å². The number of hydrogen-bond acceptors (Lipinski definition) is 1. The quantitative estimate of drug-likeness (QED) is 0.834. The third-order valence-electron chi connectivity index (χ3n) is 4.42. The van der Waals surface area contributed by atoms with Crippen molar-refractivity contribution in [1.29, 1.82) is 0 Å². The molecule has 1 heterocycles. The first-order chi connectivity index (χ1) is 8.42. The number of piperidine rings is 1. The van der Waals surface area contributed by atoms with Gasteiger partial charge in [-0.15, -0.1) is 0 Å². The zero-order chi connectivity index (χ0) is 11.5. The van der Waals surface area contributed by atoms with Gasteiger partial charge >= 0.3 is 0 Å². The molecule has 2 aliphatic rings. The molecule has 0 radical (unpaired) electrons. The molecule has 0 bridgehead atoms. The topological polar surface area (TPSA) is 12.0 Å². The van der Waals surface area contributed by atoms with Gasteiger partial charge in [0.15, 0.2) is 0 Å². The van der Waals surface area contributed by atoms with E-state index < -0.39 is 0 Å². The molecule has 1 aromatic rings. The van der Waals surface area contributed by atoms with E-state index in [1.54, 1.807) is 5.56 Å². The van der Waals surface area contributed by atoms with Gasteiger partial charge in [0.2, 0.25) is 0 Å². The lowest BCUT2D eigenvalue weighted by atomic mass is 9.79. The van der Waals surface area contributed by atoms with Crippen molar-refractivity contribution in [1.82, 2.24) is 5.32 Å². The van der Waals surface area contributed by atoms with Gasteiger partial charge in [-0.3, -0.25) is 0 Å². The van der Waals surface area contributed by atoms with Crippen LogP contribution < -0.4 is 5.32 Å². The molecule has 1 unspecified atom stereocenters. The van der Waals surface area contributed by atoms with Gasteiger partial charge in [-0.2, -0.15) is 0 Å². The first kappa shape index (κ1) is 11.3. The fourth-order valence-corrected chi connectivity index (χ4v) is 3.10. The first-order valence-corrected chi connectivity index (χ1v) is 7.24. The summed E-state index contributed by atoms with van der Waals surface area (Å²) in [5.41, 5.74) is 3.12. The van der Waals surface area contributed by atoms with Gasteiger partial charge in [0.25, 0.3) is 0 Å². The van der Waals surface area contributed by atoms with E-state index in [1.807, 2.05) is 0 Å². The number of rotatable bonds is 3. The van der Waals surface area contributed by atoms with E-state index in [4.69, 9.17) is 0 Å². The molecule has 17 heavy (non-hydrogen) atoms. The Morgan fingerprint density at radius 3 is 2.71 bits per heavy atom. The summed E-state index contributed by atoms with van der Waals surface area (Å²) in [6.07, 6.45) is 9.59. The zero-order valence-corrected chi connectivity index (χ0v) is 10.6. The van der Waals surface area contributed by atoms with E-state index >= 15 is 0 Å². The Morgan fingerprint density at radius 2 is 2.00 bits per heavy atom. The van der Waals surface area contributed by atoms with E-state index in [9.17, 15) is 0 Å². The Kier molecular flexibility index (Phi) is 3.46. The van der Waals surface area contributed by atoms with Crippen LogP contribution in [0.15, 0.2) is 24.3 Å². The fourth-order valence-electron chi connectivity index (χ4n) is 3.10. The largest absolute Gasteiger partial charge is 0.314 e. The van der Waals surface area contributed by atoms with Gasteiger partial charge in [0.05, 0.1) is 0 Å². The average molecular weight is 229 g/mol. The van der Waals surface area contributed by atoms with Crippen LogP contribution in [0, 0.1) is 0 Å². The molecule has 1 nitrogen and oxygen atoms in total. The highest BCUT2D eigenvalue weighted by atomic mass is 14.9. The number of nitrogens with one attached hydrogen (secondary N) is 1. The van der Waals surface area contributed by atoms with Crippen LogP contribution in [0.4, 0.5) is 0 Å². The monoisotopic (exact) mass is 229 g/mol. The van der Waals surface area contributed by atoms with Gasteiger partial charge in [-0.25, -0.2) is 0 Å². The van der Waals surface area contributed by atoms with E-state index in [2.05, 4.69) is 29.6 Å². The molecular weight excluding hydrogens is 206 g/mol. The minimum Gasteiger partial charge on any atom is -0.314 e. The maximum Gasteiger partial charge on any atom is 0.0107 e. The molecular formula is C16H23N. The molecule has 1 N–H and O–H groups in total. The van der Waals surface area contributed by atoms with E-state index in [0.29, 0.717) is 0 Å². The molecule has 1 heteroatoms. The van der Waals surface area contributed by atoms with Crippen molar-refractivity contribution in [3.8, 4) is 0 Å². The predicted molar refractivity (Wildman–Crippen MR) is 72.4 cm³/mol. The lowest BCUT2D eigenvalue weighted by Crippen LogP contribution is -2.35. The maximum absolute atomic E-state index is 3.64. The molecule has 3 rings (SSSR count). The molecule has 1 aliphatic carbocycles. The normalized spacial score (nSPS) is 25.5. The molecule has 0 amide bonds. The molecule has 1 saturated carbocycles. The highest BCUT2D eigenvalue weighted by Gasteiger charge is 2.20. The Morgan fingerprint density at radius 1 is 1.06 bits per heavy atom. The number of hydrogen-bond donors (Lipinski definition) is 1. The van der Waals surface area contributed by atoms with Gasteiger partial charge in [0, 0.05) is 6.04 Å². The van der Waals surface area contributed by atoms with E-state index in [-0.39, 0.29) is 0 Å². The summed E-state index contributed by atoms with van der Waals surface area (Å²) >= 11 is 0. The average Bonchev–Trinajstić information content (AvgIpc) is 2.28. The molecule has 1 aliphatic heterocycles.